The Kier molecular flexibility index (Phi) is 5.96. The van der Waals surface area contributed by atoms with E-state index in [1.807, 2.05) is 32.0 Å². The lowest BCUT2D eigenvalue weighted by molar-refractivity contribution is 0.0905. The Labute approximate surface area is 202 Å². The summed E-state index contributed by atoms with van der Waals surface area (Å²) < 4.78 is 28.6. The number of rotatable bonds is 6. The summed E-state index contributed by atoms with van der Waals surface area (Å²) >= 11 is 0. The Balaban J connectivity index is 1.39. The maximum absolute atomic E-state index is 13.8. The van der Waals surface area contributed by atoms with Gasteiger partial charge in [0.05, 0.1) is 12.2 Å². The lowest BCUT2D eigenvalue weighted by Gasteiger charge is -2.27. The fraction of sp³-hybridized carbons (Fsp3) is 0.296. The molecule has 1 saturated heterocycles. The number of halogens is 2. The van der Waals surface area contributed by atoms with E-state index < -0.39 is 5.54 Å². The van der Waals surface area contributed by atoms with Gasteiger partial charge in [0.1, 0.15) is 17.5 Å². The smallest absolute Gasteiger partial charge is 0.272 e. The van der Waals surface area contributed by atoms with Gasteiger partial charge in [-0.3, -0.25) is 4.79 Å². The summed E-state index contributed by atoms with van der Waals surface area (Å²) in [6, 6.07) is 16.7. The zero-order valence-electron chi connectivity index (χ0n) is 19.7. The molecule has 0 radical (unpaired) electrons. The minimum absolute atomic E-state index is 0.0195. The lowest BCUT2D eigenvalue weighted by atomic mass is 9.94. The molecule has 2 aromatic carbocycles. The predicted octanol–water partition coefficient (Wildman–Crippen LogP) is 5.10. The second-order valence-electron chi connectivity index (χ2n) is 9.65. The first-order valence-corrected chi connectivity index (χ1v) is 11.7. The molecule has 0 saturated carbocycles. The number of nitrogens with zero attached hydrogens (tertiary/aromatic N) is 4. The van der Waals surface area contributed by atoms with Crippen LogP contribution in [0, 0.1) is 11.6 Å². The molecule has 0 aliphatic carbocycles. The number of nitrogens with one attached hydrogen (secondary N) is 1. The first-order valence-electron chi connectivity index (χ1n) is 11.7. The van der Waals surface area contributed by atoms with E-state index in [0.29, 0.717) is 23.6 Å². The van der Waals surface area contributed by atoms with Crippen LogP contribution < -0.4 is 10.2 Å². The van der Waals surface area contributed by atoms with Crippen LogP contribution in [-0.4, -0.2) is 32.6 Å². The highest BCUT2D eigenvalue weighted by Crippen LogP contribution is 2.35. The third-order valence-corrected chi connectivity index (χ3v) is 6.37. The zero-order chi connectivity index (χ0) is 24.6. The van der Waals surface area contributed by atoms with Gasteiger partial charge in [-0.15, -0.1) is 5.10 Å². The largest absolute Gasteiger partial charge is 0.348 e. The molecule has 2 aromatic heterocycles. The number of aromatic nitrogens is 3. The number of hydrogen-bond donors (Lipinski definition) is 1. The minimum atomic E-state index is -0.575. The molecular weight excluding hydrogens is 448 g/mol. The van der Waals surface area contributed by atoms with E-state index in [0.717, 1.165) is 30.5 Å². The molecule has 0 spiro atoms. The normalized spacial score (nSPS) is 16.1. The molecule has 5 rings (SSSR count). The van der Waals surface area contributed by atoms with Crippen molar-refractivity contribution < 1.29 is 13.6 Å². The molecule has 1 aliphatic rings. The van der Waals surface area contributed by atoms with E-state index in [9.17, 15) is 13.6 Å². The molecule has 1 fully saturated rings. The third kappa shape index (κ3) is 4.87. The van der Waals surface area contributed by atoms with E-state index in [1.54, 1.807) is 28.8 Å². The molecule has 1 N–H and O–H groups in total. The van der Waals surface area contributed by atoms with E-state index in [4.69, 9.17) is 5.10 Å². The lowest BCUT2D eigenvalue weighted by Crippen LogP contribution is -2.45. The Morgan fingerprint density at radius 3 is 2.66 bits per heavy atom. The summed E-state index contributed by atoms with van der Waals surface area (Å²) in [6.07, 6.45) is 3.93. The van der Waals surface area contributed by atoms with Crippen molar-refractivity contribution in [1.29, 1.82) is 0 Å². The minimum Gasteiger partial charge on any atom is -0.348 e. The number of fused-ring (bicyclic) bond motifs is 1. The average molecular weight is 476 g/mol. The third-order valence-electron chi connectivity index (χ3n) is 6.37. The van der Waals surface area contributed by atoms with E-state index in [1.165, 1.54) is 24.4 Å². The van der Waals surface area contributed by atoms with Crippen LogP contribution in [0.1, 0.15) is 54.3 Å². The van der Waals surface area contributed by atoms with Crippen LogP contribution in [0.15, 0.2) is 66.9 Å². The van der Waals surface area contributed by atoms with Crippen molar-refractivity contribution in [2.24, 2.45) is 0 Å². The highest BCUT2D eigenvalue weighted by Gasteiger charge is 2.29. The topological polar surface area (TPSA) is 62.5 Å². The second-order valence-corrected chi connectivity index (χ2v) is 9.65. The summed E-state index contributed by atoms with van der Waals surface area (Å²) in [5.74, 6) is -0.130. The number of carbonyl (C=O) groups excluding carboxylic acids is 1. The molecule has 180 valence electrons. The van der Waals surface area contributed by atoms with Gasteiger partial charge < -0.3 is 10.2 Å². The SMILES string of the molecule is CC(C)(Cc1ccc(F)cc1)NC(=O)c1cnc2ccc(N3CCC[C@@H]3c3cccc(F)c3)nn12. The standard InChI is InChI=1S/C27H27F2N5O/c1-27(2,16-18-8-10-20(28)11-9-18)31-26(35)23-17-30-24-12-13-25(32-34(23)24)33-14-4-7-22(33)19-5-3-6-21(29)15-19/h3,5-6,8-13,15,17,22H,4,7,14,16H2,1-2H3,(H,31,35)/t22-/m1/s1. The summed E-state index contributed by atoms with van der Waals surface area (Å²) in [7, 11) is 0. The Hall–Kier alpha value is -3.81. The van der Waals surface area contributed by atoms with Crippen LogP contribution in [0.25, 0.3) is 5.65 Å². The summed E-state index contributed by atoms with van der Waals surface area (Å²) in [5, 5.41) is 7.80. The van der Waals surface area contributed by atoms with Crippen LogP contribution in [0.5, 0.6) is 0 Å². The molecule has 3 heterocycles. The van der Waals surface area contributed by atoms with Gasteiger partial charge in [0, 0.05) is 12.1 Å². The molecular formula is C27H27F2N5O. The highest BCUT2D eigenvalue weighted by atomic mass is 19.1. The van der Waals surface area contributed by atoms with E-state index in [2.05, 4.69) is 15.2 Å². The zero-order valence-corrected chi connectivity index (χ0v) is 19.7. The van der Waals surface area contributed by atoms with Gasteiger partial charge in [-0.2, -0.15) is 0 Å². The summed E-state index contributed by atoms with van der Waals surface area (Å²) in [4.78, 5) is 19.7. The fourth-order valence-corrected chi connectivity index (χ4v) is 4.80. The molecule has 8 heteroatoms. The molecule has 4 aromatic rings. The Bertz CT molecular complexity index is 1370. The molecule has 35 heavy (non-hydrogen) atoms. The van der Waals surface area contributed by atoms with Crippen molar-refractivity contribution in [1.82, 2.24) is 19.9 Å². The number of benzene rings is 2. The molecule has 1 amide bonds. The van der Waals surface area contributed by atoms with Gasteiger partial charge in [0.2, 0.25) is 0 Å². The van der Waals surface area contributed by atoms with Gasteiger partial charge >= 0.3 is 0 Å². The molecule has 0 unspecified atom stereocenters. The van der Waals surface area contributed by atoms with Crippen molar-refractivity contribution >= 4 is 17.4 Å². The van der Waals surface area contributed by atoms with Crippen LogP contribution in [0.4, 0.5) is 14.6 Å². The average Bonchev–Trinajstić information content (AvgIpc) is 3.47. The quantitative estimate of drug-likeness (QED) is 0.422. The number of hydrogen-bond acceptors (Lipinski definition) is 4. The van der Waals surface area contributed by atoms with Crippen molar-refractivity contribution in [2.45, 2.75) is 44.7 Å². The first kappa shape index (κ1) is 23.0. The molecule has 0 bridgehead atoms. The van der Waals surface area contributed by atoms with Crippen LogP contribution in [0.2, 0.25) is 0 Å². The van der Waals surface area contributed by atoms with Crippen LogP contribution >= 0.6 is 0 Å². The second kappa shape index (κ2) is 9.09. The molecule has 1 aliphatic heterocycles. The van der Waals surface area contributed by atoms with Crippen molar-refractivity contribution in [3.05, 3.63) is 95.3 Å². The number of imidazole rings is 1. The first-order chi connectivity index (χ1) is 16.8. The number of amides is 1. The van der Waals surface area contributed by atoms with Gasteiger partial charge in [-0.05, 0) is 80.6 Å². The number of carbonyl (C=O) groups is 1. The summed E-state index contributed by atoms with van der Waals surface area (Å²) in [6.45, 7) is 4.63. The maximum atomic E-state index is 13.8. The fourth-order valence-electron chi connectivity index (χ4n) is 4.80. The summed E-state index contributed by atoms with van der Waals surface area (Å²) in [5.41, 5.74) is 2.16. The monoisotopic (exact) mass is 475 g/mol. The van der Waals surface area contributed by atoms with Gasteiger partial charge in [-0.25, -0.2) is 18.3 Å². The predicted molar refractivity (Wildman–Crippen MR) is 130 cm³/mol. The number of anilines is 1. The molecule has 1 atom stereocenters. The van der Waals surface area contributed by atoms with Crippen LogP contribution in [0.3, 0.4) is 0 Å². The van der Waals surface area contributed by atoms with Crippen LogP contribution in [-0.2, 0) is 6.42 Å². The van der Waals surface area contributed by atoms with E-state index >= 15 is 0 Å². The Morgan fingerprint density at radius 1 is 1.09 bits per heavy atom. The van der Waals surface area contributed by atoms with E-state index in [-0.39, 0.29) is 23.6 Å². The van der Waals surface area contributed by atoms with Crippen molar-refractivity contribution in [3.8, 4) is 0 Å². The highest BCUT2D eigenvalue weighted by molar-refractivity contribution is 5.93. The Morgan fingerprint density at radius 2 is 1.89 bits per heavy atom. The molecule has 6 nitrogen and oxygen atoms in total. The van der Waals surface area contributed by atoms with Gasteiger partial charge in [0.25, 0.3) is 5.91 Å². The van der Waals surface area contributed by atoms with Gasteiger partial charge in [0.15, 0.2) is 11.3 Å². The van der Waals surface area contributed by atoms with Crippen molar-refractivity contribution in [2.75, 3.05) is 11.4 Å². The maximum Gasteiger partial charge on any atom is 0.272 e. The van der Waals surface area contributed by atoms with Gasteiger partial charge in [-0.1, -0.05) is 24.3 Å². The van der Waals surface area contributed by atoms with Crippen molar-refractivity contribution in [3.63, 3.8) is 0 Å².